The number of carbonyl (C=O) groups excluding carboxylic acids is 1. The lowest BCUT2D eigenvalue weighted by molar-refractivity contribution is -0.271. The van der Waals surface area contributed by atoms with Crippen LogP contribution in [0.2, 0.25) is 0 Å². The second kappa shape index (κ2) is 8.50. The van der Waals surface area contributed by atoms with Crippen LogP contribution in [0.3, 0.4) is 0 Å². The first-order valence-electron chi connectivity index (χ1n) is 9.05. The lowest BCUT2D eigenvalue weighted by Gasteiger charge is -2.34. The van der Waals surface area contributed by atoms with Crippen LogP contribution in [0.4, 0.5) is 0 Å². The van der Waals surface area contributed by atoms with Gasteiger partial charge in [-0.3, -0.25) is 0 Å². The van der Waals surface area contributed by atoms with Gasteiger partial charge in [0.15, 0.2) is 0 Å². The van der Waals surface area contributed by atoms with Crippen LogP contribution in [0.15, 0.2) is 46.9 Å². The van der Waals surface area contributed by atoms with Crippen LogP contribution >= 0.6 is 0 Å². The van der Waals surface area contributed by atoms with Crippen molar-refractivity contribution in [2.75, 3.05) is 20.3 Å². The van der Waals surface area contributed by atoms with E-state index in [1.54, 1.807) is 6.92 Å². The average Bonchev–Trinajstić information content (AvgIpc) is 3.07. The summed E-state index contributed by atoms with van der Waals surface area (Å²) >= 11 is 0. The van der Waals surface area contributed by atoms with Crippen molar-refractivity contribution in [1.29, 1.82) is 0 Å². The fraction of sp³-hybridized carbons (Fsp3) is 0.429. The van der Waals surface area contributed by atoms with E-state index in [2.05, 4.69) is 17.1 Å². The second-order valence-electron chi connectivity index (χ2n) is 6.72. The number of allylic oxidation sites excluding steroid dienone is 2. The van der Waals surface area contributed by atoms with Crippen LogP contribution in [-0.2, 0) is 25.4 Å². The van der Waals surface area contributed by atoms with Gasteiger partial charge in [-0.2, -0.15) is 0 Å². The third-order valence-corrected chi connectivity index (χ3v) is 4.61. The molecule has 1 aliphatic rings. The number of esters is 1. The Morgan fingerprint density at radius 3 is 2.63 bits per heavy atom. The number of hydrogen-bond acceptors (Lipinski definition) is 6. The molecular formula is C21H25NO5. The fourth-order valence-electron chi connectivity index (χ4n) is 2.89. The standard InChI is InChI=1S/C21H25NO5/c1-15-18(22-19(27-15)17-10-5-4-6-11-17)12-8-7-9-16-13-25-21(2,26-14-16)20(23)24-3/h4-8,10-11,16H,9,12-14H2,1-3H3/b8-7+/t16-,21+. The summed E-state index contributed by atoms with van der Waals surface area (Å²) in [6.07, 6.45) is 5.68. The van der Waals surface area contributed by atoms with E-state index in [0.717, 1.165) is 23.4 Å². The molecule has 1 fully saturated rings. The van der Waals surface area contributed by atoms with Crippen molar-refractivity contribution in [3.05, 3.63) is 53.9 Å². The first-order chi connectivity index (χ1) is 13.0. The molecule has 27 heavy (non-hydrogen) atoms. The molecule has 0 N–H and O–H groups in total. The molecule has 3 rings (SSSR count). The predicted octanol–water partition coefficient (Wildman–Crippen LogP) is 3.69. The number of carbonyl (C=O) groups is 1. The third-order valence-electron chi connectivity index (χ3n) is 4.61. The highest BCUT2D eigenvalue weighted by atomic mass is 16.7. The van der Waals surface area contributed by atoms with Crippen molar-refractivity contribution in [3.8, 4) is 11.5 Å². The summed E-state index contributed by atoms with van der Waals surface area (Å²) in [5.74, 6) is -0.116. The van der Waals surface area contributed by atoms with Crippen molar-refractivity contribution in [2.24, 2.45) is 5.92 Å². The number of methoxy groups -OCH3 is 1. The van der Waals surface area contributed by atoms with Crippen LogP contribution in [0.1, 0.15) is 24.8 Å². The second-order valence-corrected chi connectivity index (χ2v) is 6.72. The Bertz CT molecular complexity index is 788. The number of aryl methyl sites for hydroxylation is 1. The lowest BCUT2D eigenvalue weighted by atomic mass is 10.1. The van der Waals surface area contributed by atoms with Gasteiger partial charge in [0.1, 0.15) is 5.76 Å². The quantitative estimate of drug-likeness (QED) is 0.570. The Kier molecular flexibility index (Phi) is 6.08. The number of nitrogens with zero attached hydrogens (tertiary/aromatic N) is 1. The van der Waals surface area contributed by atoms with Gasteiger partial charge in [-0.25, -0.2) is 9.78 Å². The summed E-state index contributed by atoms with van der Waals surface area (Å²) in [5.41, 5.74) is 1.90. The molecule has 0 unspecified atom stereocenters. The molecule has 2 heterocycles. The summed E-state index contributed by atoms with van der Waals surface area (Å²) < 4.78 is 21.6. The van der Waals surface area contributed by atoms with Gasteiger partial charge >= 0.3 is 5.97 Å². The monoisotopic (exact) mass is 371 g/mol. The van der Waals surface area contributed by atoms with E-state index >= 15 is 0 Å². The maximum atomic E-state index is 11.6. The smallest absolute Gasteiger partial charge is 0.366 e. The van der Waals surface area contributed by atoms with Gasteiger partial charge in [-0.05, 0) is 25.5 Å². The zero-order valence-electron chi connectivity index (χ0n) is 15.9. The van der Waals surface area contributed by atoms with E-state index in [0.29, 0.717) is 25.5 Å². The Balaban J connectivity index is 1.50. The van der Waals surface area contributed by atoms with Gasteiger partial charge in [0.2, 0.25) is 5.89 Å². The number of rotatable bonds is 6. The Morgan fingerprint density at radius 1 is 1.26 bits per heavy atom. The molecule has 6 heteroatoms. The van der Waals surface area contributed by atoms with E-state index in [4.69, 9.17) is 18.6 Å². The Labute approximate surface area is 159 Å². The SMILES string of the molecule is COC(=O)[C@]1(C)OC[C@H](C/C=C/Cc2nc(-c3ccccc3)oc2C)CO1. The van der Waals surface area contributed by atoms with Gasteiger partial charge in [0, 0.05) is 24.8 Å². The van der Waals surface area contributed by atoms with Crippen LogP contribution in [-0.4, -0.2) is 37.1 Å². The summed E-state index contributed by atoms with van der Waals surface area (Å²) in [4.78, 5) is 16.2. The number of ether oxygens (including phenoxy) is 3. The van der Waals surface area contributed by atoms with Crippen molar-refractivity contribution in [2.45, 2.75) is 32.5 Å². The summed E-state index contributed by atoms with van der Waals surface area (Å²) in [6, 6.07) is 9.86. The molecule has 144 valence electrons. The number of oxazole rings is 1. The number of benzene rings is 1. The lowest BCUT2D eigenvalue weighted by Crippen LogP contribution is -2.48. The van der Waals surface area contributed by atoms with Crippen molar-refractivity contribution in [3.63, 3.8) is 0 Å². The fourth-order valence-corrected chi connectivity index (χ4v) is 2.89. The third kappa shape index (κ3) is 4.64. The summed E-state index contributed by atoms with van der Waals surface area (Å²) in [6.45, 7) is 4.43. The Morgan fingerprint density at radius 2 is 1.96 bits per heavy atom. The van der Waals surface area contributed by atoms with Crippen LogP contribution in [0, 0.1) is 12.8 Å². The minimum atomic E-state index is -1.29. The largest absolute Gasteiger partial charge is 0.465 e. The number of aromatic nitrogens is 1. The molecule has 0 spiro atoms. The van der Waals surface area contributed by atoms with Crippen LogP contribution in [0.25, 0.3) is 11.5 Å². The molecule has 0 aliphatic carbocycles. The Hall–Kier alpha value is -2.44. The minimum Gasteiger partial charge on any atom is -0.465 e. The molecule has 1 aromatic heterocycles. The highest BCUT2D eigenvalue weighted by Crippen LogP contribution is 2.25. The van der Waals surface area contributed by atoms with Crippen LogP contribution < -0.4 is 0 Å². The van der Waals surface area contributed by atoms with Gasteiger partial charge in [-0.1, -0.05) is 30.4 Å². The molecule has 1 aromatic carbocycles. The normalized spacial score (nSPS) is 22.9. The molecule has 0 amide bonds. The molecule has 0 radical (unpaired) electrons. The maximum Gasteiger partial charge on any atom is 0.366 e. The first-order valence-corrected chi connectivity index (χ1v) is 9.05. The zero-order valence-corrected chi connectivity index (χ0v) is 15.9. The zero-order chi connectivity index (χ0) is 19.3. The first kappa shape index (κ1) is 19.3. The topological polar surface area (TPSA) is 70.8 Å². The van der Waals surface area contributed by atoms with Crippen LogP contribution in [0.5, 0.6) is 0 Å². The van der Waals surface area contributed by atoms with E-state index in [1.807, 2.05) is 37.3 Å². The molecular weight excluding hydrogens is 346 g/mol. The molecule has 0 atom stereocenters. The molecule has 0 bridgehead atoms. The van der Waals surface area contributed by atoms with Crippen molar-refractivity contribution >= 4 is 5.97 Å². The molecule has 6 nitrogen and oxygen atoms in total. The van der Waals surface area contributed by atoms with E-state index < -0.39 is 11.8 Å². The molecule has 1 saturated heterocycles. The van der Waals surface area contributed by atoms with Crippen molar-refractivity contribution in [1.82, 2.24) is 4.98 Å². The highest BCUT2D eigenvalue weighted by molar-refractivity contribution is 5.77. The number of hydrogen-bond donors (Lipinski definition) is 0. The van der Waals surface area contributed by atoms with Crippen molar-refractivity contribution < 1.29 is 23.4 Å². The molecule has 2 aromatic rings. The van der Waals surface area contributed by atoms with Gasteiger partial charge in [-0.15, -0.1) is 0 Å². The van der Waals surface area contributed by atoms with Gasteiger partial charge < -0.3 is 18.6 Å². The average molecular weight is 371 g/mol. The summed E-state index contributed by atoms with van der Waals surface area (Å²) in [5, 5.41) is 0. The van der Waals surface area contributed by atoms with Gasteiger partial charge in [0.05, 0.1) is 26.0 Å². The maximum absolute atomic E-state index is 11.6. The highest BCUT2D eigenvalue weighted by Gasteiger charge is 2.41. The minimum absolute atomic E-state index is 0.206. The van der Waals surface area contributed by atoms with E-state index in [1.165, 1.54) is 7.11 Å². The van der Waals surface area contributed by atoms with E-state index in [9.17, 15) is 4.79 Å². The molecule has 0 saturated carbocycles. The summed E-state index contributed by atoms with van der Waals surface area (Å²) in [7, 11) is 1.32. The molecule has 1 aliphatic heterocycles. The van der Waals surface area contributed by atoms with E-state index in [-0.39, 0.29) is 5.92 Å². The predicted molar refractivity (Wildman–Crippen MR) is 100.0 cm³/mol. The van der Waals surface area contributed by atoms with Gasteiger partial charge in [0.25, 0.3) is 5.79 Å².